The van der Waals surface area contributed by atoms with Gasteiger partial charge in [-0.1, -0.05) is 0 Å². The predicted molar refractivity (Wildman–Crippen MR) is 74.8 cm³/mol. The zero-order chi connectivity index (χ0) is 15.2. The van der Waals surface area contributed by atoms with Crippen LogP contribution in [0.5, 0.6) is 0 Å². The van der Waals surface area contributed by atoms with Gasteiger partial charge >= 0.3 is 12.0 Å². The summed E-state index contributed by atoms with van der Waals surface area (Å²) in [6.07, 6.45) is 1.87. The van der Waals surface area contributed by atoms with E-state index < -0.39 is 5.97 Å². The van der Waals surface area contributed by atoms with Crippen molar-refractivity contribution < 1.29 is 19.5 Å². The number of piperidine rings is 1. The topological polar surface area (TPSA) is 102 Å². The lowest BCUT2D eigenvalue weighted by Crippen LogP contribution is -2.52. The minimum absolute atomic E-state index is 0.0180. The van der Waals surface area contributed by atoms with Crippen molar-refractivity contribution in [3.05, 3.63) is 0 Å². The van der Waals surface area contributed by atoms with Crippen LogP contribution in [0.2, 0.25) is 0 Å². The number of hydrogen-bond acceptors (Lipinski definition) is 4. The quantitative estimate of drug-likeness (QED) is 0.624. The summed E-state index contributed by atoms with van der Waals surface area (Å²) in [7, 11) is 0. The molecule has 3 amide bonds. The van der Waals surface area contributed by atoms with Gasteiger partial charge in [0, 0.05) is 45.2 Å². The molecule has 8 heteroatoms. The standard InChI is InChI=1S/C13H22N4O4/c18-11-3-2-10(8-14-11)15-13(21)17-5-1-4-16(6-7-17)9-12(19)20/h10H,1-9H2,(H,14,18)(H,15,21)(H,19,20). The maximum absolute atomic E-state index is 12.2. The van der Waals surface area contributed by atoms with E-state index in [1.54, 1.807) is 4.90 Å². The third kappa shape index (κ3) is 4.89. The van der Waals surface area contributed by atoms with E-state index in [9.17, 15) is 14.4 Å². The van der Waals surface area contributed by atoms with Crippen molar-refractivity contribution >= 4 is 17.9 Å². The lowest BCUT2D eigenvalue weighted by atomic mass is 10.1. The van der Waals surface area contributed by atoms with E-state index >= 15 is 0 Å². The lowest BCUT2D eigenvalue weighted by Gasteiger charge is -2.27. The van der Waals surface area contributed by atoms with E-state index in [0.29, 0.717) is 45.6 Å². The van der Waals surface area contributed by atoms with Crippen LogP contribution in [0, 0.1) is 0 Å². The highest BCUT2D eigenvalue weighted by atomic mass is 16.4. The van der Waals surface area contributed by atoms with Gasteiger partial charge in [0.1, 0.15) is 0 Å². The summed E-state index contributed by atoms with van der Waals surface area (Å²) in [5.41, 5.74) is 0. The second-order valence-electron chi connectivity index (χ2n) is 5.50. The molecule has 8 nitrogen and oxygen atoms in total. The molecule has 3 N–H and O–H groups in total. The number of aliphatic carboxylic acids is 1. The minimum atomic E-state index is -0.842. The smallest absolute Gasteiger partial charge is 0.317 e. The van der Waals surface area contributed by atoms with Crippen molar-refractivity contribution in [2.75, 3.05) is 39.3 Å². The fraction of sp³-hybridized carbons (Fsp3) is 0.769. The van der Waals surface area contributed by atoms with Crippen LogP contribution >= 0.6 is 0 Å². The molecule has 2 saturated heterocycles. The zero-order valence-electron chi connectivity index (χ0n) is 12.0. The summed E-state index contributed by atoms with van der Waals surface area (Å²) < 4.78 is 0. The Labute approximate surface area is 123 Å². The number of amides is 3. The molecule has 0 aromatic carbocycles. The second kappa shape index (κ2) is 7.26. The second-order valence-corrected chi connectivity index (χ2v) is 5.50. The molecule has 2 aliphatic heterocycles. The number of rotatable bonds is 3. The van der Waals surface area contributed by atoms with Gasteiger partial charge in [-0.3, -0.25) is 14.5 Å². The Morgan fingerprint density at radius 1 is 1.29 bits per heavy atom. The summed E-state index contributed by atoms with van der Waals surface area (Å²) in [6, 6.07) is -0.151. The number of nitrogens with zero attached hydrogens (tertiary/aromatic N) is 2. The van der Waals surface area contributed by atoms with Crippen LogP contribution in [0.1, 0.15) is 19.3 Å². The molecular formula is C13H22N4O4. The number of hydrogen-bond donors (Lipinski definition) is 3. The average Bonchev–Trinajstić information content (AvgIpc) is 2.66. The molecule has 0 saturated carbocycles. The summed E-state index contributed by atoms with van der Waals surface area (Å²) >= 11 is 0. The number of carbonyl (C=O) groups excluding carboxylic acids is 2. The Balaban J connectivity index is 1.77. The fourth-order valence-corrected chi connectivity index (χ4v) is 2.65. The first-order valence-electron chi connectivity index (χ1n) is 7.31. The van der Waals surface area contributed by atoms with E-state index in [4.69, 9.17) is 5.11 Å². The Kier molecular flexibility index (Phi) is 5.38. The van der Waals surface area contributed by atoms with Crippen LogP contribution in [-0.4, -0.2) is 78.1 Å². The van der Waals surface area contributed by atoms with Crippen LogP contribution < -0.4 is 10.6 Å². The highest BCUT2D eigenvalue weighted by molar-refractivity contribution is 5.78. The minimum Gasteiger partial charge on any atom is -0.480 e. The molecule has 1 unspecified atom stereocenters. The van der Waals surface area contributed by atoms with Crippen LogP contribution in [0.15, 0.2) is 0 Å². The maximum Gasteiger partial charge on any atom is 0.317 e. The largest absolute Gasteiger partial charge is 0.480 e. The molecule has 2 aliphatic rings. The van der Waals surface area contributed by atoms with Crippen molar-refractivity contribution in [2.45, 2.75) is 25.3 Å². The molecule has 0 aromatic rings. The van der Waals surface area contributed by atoms with Crippen molar-refractivity contribution in [1.29, 1.82) is 0 Å². The summed E-state index contributed by atoms with van der Waals surface area (Å²) in [5.74, 6) is -0.814. The highest BCUT2D eigenvalue weighted by Crippen LogP contribution is 2.06. The summed E-state index contributed by atoms with van der Waals surface area (Å²) in [6.45, 7) is 2.91. The van der Waals surface area contributed by atoms with Gasteiger partial charge in [0.2, 0.25) is 5.91 Å². The van der Waals surface area contributed by atoms with Crippen LogP contribution in [0.3, 0.4) is 0 Å². The first-order chi connectivity index (χ1) is 10.0. The van der Waals surface area contributed by atoms with E-state index in [1.807, 2.05) is 4.90 Å². The molecule has 2 fully saturated rings. The predicted octanol–water partition coefficient (Wildman–Crippen LogP) is -0.933. The number of carboxylic acid groups (broad SMARTS) is 1. The molecule has 0 aromatic heterocycles. The van der Waals surface area contributed by atoms with E-state index in [0.717, 1.165) is 6.42 Å². The lowest BCUT2D eigenvalue weighted by molar-refractivity contribution is -0.138. The van der Waals surface area contributed by atoms with Gasteiger partial charge in [-0.05, 0) is 12.8 Å². The molecule has 0 bridgehead atoms. The molecule has 0 radical (unpaired) electrons. The first-order valence-corrected chi connectivity index (χ1v) is 7.31. The number of nitrogens with one attached hydrogen (secondary N) is 2. The van der Waals surface area contributed by atoms with Crippen molar-refractivity contribution in [3.63, 3.8) is 0 Å². The van der Waals surface area contributed by atoms with Gasteiger partial charge < -0.3 is 20.6 Å². The summed E-state index contributed by atoms with van der Waals surface area (Å²) in [4.78, 5) is 37.6. The van der Waals surface area contributed by atoms with E-state index in [1.165, 1.54) is 0 Å². The zero-order valence-corrected chi connectivity index (χ0v) is 12.0. The molecule has 118 valence electrons. The van der Waals surface area contributed by atoms with Gasteiger partial charge in [0.15, 0.2) is 0 Å². The maximum atomic E-state index is 12.2. The third-order valence-electron chi connectivity index (χ3n) is 3.83. The molecular weight excluding hydrogens is 276 g/mol. The van der Waals surface area contributed by atoms with Gasteiger partial charge in [-0.25, -0.2) is 4.79 Å². The molecule has 2 heterocycles. The van der Waals surface area contributed by atoms with Crippen LogP contribution in [0.4, 0.5) is 4.79 Å². The van der Waals surface area contributed by atoms with E-state index in [-0.39, 0.29) is 24.5 Å². The number of carboxylic acids is 1. The summed E-state index contributed by atoms with van der Waals surface area (Å²) in [5, 5.41) is 14.5. The normalized spacial score (nSPS) is 24.1. The molecule has 21 heavy (non-hydrogen) atoms. The van der Waals surface area contributed by atoms with Gasteiger partial charge in [0.25, 0.3) is 0 Å². The first kappa shape index (κ1) is 15.6. The Morgan fingerprint density at radius 2 is 2.10 bits per heavy atom. The monoisotopic (exact) mass is 298 g/mol. The van der Waals surface area contributed by atoms with Crippen molar-refractivity contribution in [3.8, 4) is 0 Å². The molecule has 0 aliphatic carbocycles. The fourth-order valence-electron chi connectivity index (χ4n) is 2.65. The third-order valence-corrected chi connectivity index (χ3v) is 3.83. The van der Waals surface area contributed by atoms with Crippen molar-refractivity contribution in [1.82, 2.24) is 20.4 Å². The SMILES string of the molecule is O=C(O)CN1CCCN(C(=O)NC2CCC(=O)NC2)CC1. The van der Waals surface area contributed by atoms with Gasteiger partial charge in [-0.15, -0.1) is 0 Å². The van der Waals surface area contributed by atoms with Crippen LogP contribution in [-0.2, 0) is 9.59 Å². The Morgan fingerprint density at radius 3 is 2.76 bits per heavy atom. The van der Waals surface area contributed by atoms with Gasteiger partial charge in [0.05, 0.1) is 6.54 Å². The number of carbonyl (C=O) groups is 3. The average molecular weight is 298 g/mol. The molecule has 1 atom stereocenters. The van der Waals surface area contributed by atoms with E-state index in [2.05, 4.69) is 10.6 Å². The van der Waals surface area contributed by atoms with Gasteiger partial charge in [-0.2, -0.15) is 0 Å². The highest BCUT2D eigenvalue weighted by Gasteiger charge is 2.24. The number of urea groups is 1. The Bertz CT molecular complexity index is 405. The van der Waals surface area contributed by atoms with Crippen LogP contribution in [0.25, 0.3) is 0 Å². The molecule has 2 rings (SSSR count). The Hall–Kier alpha value is -1.83. The molecule has 0 spiro atoms. The van der Waals surface area contributed by atoms with Crippen molar-refractivity contribution in [2.24, 2.45) is 0 Å².